The number of rotatable bonds is 6. The van der Waals surface area contributed by atoms with Gasteiger partial charge in [0.1, 0.15) is 5.82 Å². The number of benzene rings is 1. The average molecular weight is 300 g/mol. The van der Waals surface area contributed by atoms with Crippen LogP contribution in [0.3, 0.4) is 0 Å². The van der Waals surface area contributed by atoms with Gasteiger partial charge in [-0.05, 0) is 31.2 Å². The maximum Gasteiger partial charge on any atom is 0.192 e. The molecule has 2 N–H and O–H groups in total. The maximum absolute atomic E-state index is 6.00. The molecule has 0 aliphatic heterocycles. The highest BCUT2D eigenvalue weighted by atomic mass is 32.2. The highest BCUT2D eigenvalue weighted by molar-refractivity contribution is 7.99. The third-order valence-electron chi connectivity index (χ3n) is 4.18. The lowest BCUT2D eigenvalue weighted by Crippen LogP contribution is -2.11. The summed E-state index contributed by atoms with van der Waals surface area (Å²) in [6.07, 6.45) is 5.08. The molecular formula is C16H20N4S. The molecule has 4 nitrogen and oxygen atoms in total. The highest BCUT2D eigenvalue weighted by Crippen LogP contribution is 2.47. The fraction of sp³-hybridized carbons (Fsp3) is 0.500. The van der Waals surface area contributed by atoms with E-state index in [1.165, 1.54) is 37.1 Å². The molecule has 2 aromatic rings. The molecule has 5 heteroatoms. The summed E-state index contributed by atoms with van der Waals surface area (Å²) in [6, 6.07) is 11.1. The normalized spacial score (nSPS) is 19.7. The van der Waals surface area contributed by atoms with Crippen LogP contribution in [0.1, 0.15) is 54.3 Å². The minimum atomic E-state index is 0.250. The molecule has 1 heterocycles. The number of thioether (sulfide) groups is 1. The SMILES string of the molecule is NCC(Sc1nnc(C2CC2)n1C1CC1)c1ccccc1. The number of hydrogen-bond acceptors (Lipinski definition) is 4. The quantitative estimate of drug-likeness (QED) is 0.832. The van der Waals surface area contributed by atoms with Crippen LogP contribution in [0, 0.1) is 0 Å². The van der Waals surface area contributed by atoms with Crippen LogP contribution in [0.2, 0.25) is 0 Å². The van der Waals surface area contributed by atoms with Crippen LogP contribution in [-0.4, -0.2) is 21.3 Å². The highest BCUT2D eigenvalue weighted by Gasteiger charge is 2.36. The summed E-state index contributed by atoms with van der Waals surface area (Å²) in [4.78, 5) is 0. The lowest BCUT2D eigenvalue weighted by molar-refractivity contribution is 0.625. The van der Waals surface area contributed by atoms with Crippen molar-refractivity contribution < 1.29 is 0 Å². The molecule has 0 bridgehead atoms. The van der Waals surface area contributed by atoms with E-state index in [1.54, 1.807) is 11.8 Å². The van der Waals surface area contributed by atoms with E-state index in [9.17, 15) is 0 Å². The van der Waals surface area contributed by atoms with Gasteiger partial charge in [-0.1, -0.05) is 42.1 Å². The zero-order valence-electron chi connectivity index (χ0n) is 12.0. The van der Waals surface area contributed by atoms with Crippen LogP contribution in [0.15, 0.2) is 35.5 Å². The van der Waals surface area contributed by atoms with Gasteiger partial charge in [0.05, 0.1) is 0 Å². The smallest absolute Gasteiger partial charge is 0.192 e. The second-order valence-corrected chi connectivity index (χ2v) is 7.14. The molecule has 0 spiro atoms. The summed E-state index contributed by atoms with van der Waals surface area (Å²) in [7, 11) is 0. The summed E-state index contributed by atoms with van der Waals surface area (Å²) < 4.78 is 2.40. The monoisotopic (exact) mass is 300 g/mol. The van der Waals surface area contributed by atoms with Gasteiger partial charge in [-0.3, -0.25) is 0 Å². The number of hydrogen-bond donors (Lipinski definition) is 1. The first-order valence-corrected chi connectivity index (χ1v) is 8.61. The second kappa shape index (κ2) is 5.46. The van der Waals surface area contributed by atoms with Crippen molar-refractivity contribution in [1.82, 2.24) is 14.8 Å². The molecule has 21 heavy (non-hydrogen) atoms. The largest absolute Gasteiger partial charge is 0.329 e. The molecule has 1 atom stereocenters. The van der Waals surface area contributed by atoms with Gasteiger partial charge < -0.3 is 10.3 Å². The van der Waals surface area contributed by atoms with Crippen molar-refractivity contribution in [2.24, 2.45) is 5.73 Å². The Morgan fingerprint density at radius 2 is 1.90 bits per heavy atom. The molecule has 2 aliphatic rings. The predicted octanol–water partition coefficient (Wildman–Crippen LogP) is 3.28. The summed E-state index contributed by atoms with van der Waals surface area (Å²) in [5.74, 6) is 1.87. The Morgan fingerprint density at radius 1 is 1.14 bits per heavy atom. The van der Waals surface area contributed by atoms with Crippen LogP contribution in [0.25, 0.3) is 0 Å². The summed E-state index contributed by atoms with van der Waals surface area (Å²) in [6.45, 7) is 0.616. The Labute approximate surface area is 129 Å². The van der Waals surface area contributed by atoms with Crippen LogP contribution in [-0.2, 0) is 0 Å². The minimum absolute atomic E-state index is 0.250. The van der Waals surface area contributed by atoms with Crippen LogP contribution >= 0.6 is 11.8 Å². The number of nitrogens with two attached hydrogens (primary N) is 1. The van der Waals surface area contributed by atoms with Gasteiger partial charge in [-0.25, -0.2) is 0 Å². The van der Waals surface area contributed by atoms with Gasteiger partial charge in [0, 0.05) is 23.8 Å². The Hall–Kier alpha value is -1.33. The van der Waals surface area contributed by atoms with E-state index < -0.39 is 0 Å². The van der Waals surface area contributed by atoms with E-state index in [0.29, 0.717) is 18.5 Å². The molecular weight excluding hydrogens is 280 g/mol. The number of nitrogens with zero attached hydrogens (tertiary/aromatic N) is 3. The van der Waals surface area contributed by atoms with Gasteiger partial charge in [0.15, 0.2) is 5.16 Å². The second-order valence-electron chi connectivity index (χ2n) is 5.97. The Bertz CT molecular complexity index is 616. The lowest BCUT2D eigenvalue weighted by Gasteiger charge is -2.15. The van der Waals surface area contributed by atoms with Gasteiger partial charge in [-0.15, -0.1) is 10.2 Å². The van der Waals surface area contributed by atoms with Gasteiger partial charge in [0.2, 0.25) is 0 Å². The standard InChI is InChI=1S/C16H20N4S/c17-10-14(11-4-2-1-3-5-11)21-16-19-18-15(12-6-7-12)20(16)13-8-9-13/h1-5,12-14H,6-10,17H2. The third kappa shape index (κ3) is 2.72. The van der Waals surface area contributed by atoms with E-state index in [-0.39, 0.29) is 5.25 Å². The summed E-state index contributed by atoms with van der Waals surface area (Å²) in [5.41, 5.74) is 7.26. The van der Waals surface area contributed by atoms with Crippen molar-refractivity contribution in [2.45, 2.75) is 48.0 Å². The fourth-order valence-corrected chi connectivity index (χ4v) is 3.80. The molecule has 2 fully saturated rings. The predicted molar refractivity (Wildman–Crippen MR) is 84.4 cm³/mol. The van der Waals surface area contributed by atoms with Crippen molar-refractivity contribution >= 4 is 11.8 Å². The molecule has 1 aromatic carbocycles. The average Bonchev–Trinajstić information content (AvgIpc) is 3.44. The van der Waals surface area contributed by atoms with E-state index in [1.807, 2.05) is 6.07 Å². The van der Waals surface area contributed by atoms with Crippen LogP contribution in [0.4, 0.5) is 0 Å². The molecule has 110 valence electrons. The molecule has 2 saturated carbocycles. The summed E-state index contributed by atoms with van der Waals surface area (Å²) >= 11 is 1.77. The first-order chi connectivity index (χ1) is 10.4. The zero-order chi connectivity index (χ0) is 14.2. The molecule has 0 amide bonds. The zero-order valence-corrected chi connectivity index (χ0v) is 12.8. The topological polar surface area (TPSA) is 56.7 Å². The van der Waals surface area contributed by atoms with Gasteiger partial charge in [-0.2, -0.15) is 0 Å². The van der Waals surface area contributed by atoms with E-state index in [2.05, 4.69) is 39.0 Å². The van der Waals surface area contributed by atoms with Gasteiger partial charge in [0.25, 0.3) is 0 Å². The van der Waals surface area contributed by atoms with Crippen molar-refractivity contribution in [3.05, 3.63) is 41.7 Å². The van der Waals surface area contributed by atoms with Gasteiger partial charge >= 0.3 is 0 Å². The first kappa shape index (κ1) is 13.3. The fourth-order valence-electron chi connectivity index (χ4n) is 2.71. The Kier molecular flexibility index (Phi) is 3.47. The molecule has 1 aromatic heterocycles. The number of aromatic nitrogens is 3. The maximum atomic E-state index is 6.00. The van der Waals surface area contributed by atoms with Crippen molar-refractivity contribution in [3.63, 3.8) is 0 Å². The Morgan fingerprint density at radius 3 is 2.52 bits per heavy atom. The van der Waals surface area contributed by atoms with Crippen LogP contribution in [0.5, 0.6) is 0 Å². The van der Waals surface area contributed by atoms with Crippen molar-refractivity contribution in [3.8, 4) is 0 Å². The van der Waals surface area contributed by atoms with E-state index >= 15 is 0 Å². The first-order valence-electron chi connectivity index (χ1n) is 7.73. The molecule has 0 saturated heterocycles. The third-order valence-corrected chi connectivity index (χ3v) is 5.42. The Balaban J connectivity index is 1.61. The van der Waals surface area contributed by atoms with Crippen molar-refractivity contribution in [2.75, 3.05) is 6.54 Å². The van der Waals surface area contributed by atoms with Crippen molar-refractivity contribution in [1.29, 1.82) is 0 Å². The van der Waals surface area contributed by atoms with Crippen LogP contribution < -0.4 is 5.73 Å². The van der Waals surface area contributed by atoms with E-state index in [0.717, 1.165) is 5.16 Å². The molecule has 2 aliphatic carbocycles. The molecule has 0 radical (unpaired) electrons. The van der Waals surface area contributed by atoms with E-state index in [4.69, 9.17) is 5.73 Å². The lowest BCUT2D eigenvalue weighted by atomic mass is 10.1. The summed E-state index contributed by atoms with van der Waals surface area (Å²) in [5, 5.41) is 10.2. The molecule has 4 rings (SSSR count). The molecule has 1 unspecified atom stereocenters. The minimum Gasteiger partial charge on any atom is -0.329 e.